The molecule has 0 saturated heterocycles. The van der Waals surface area contributed by atoms with Crippen molar-refractivity contribution < 1.29 is 0 Å². The fourth-order valence-electron chi connectivity index (χ4n) is 12.2. The molecule has 0 amide bonds. The van der Waals surface area contributed by atoms with Crippen LogP contribution in [0.3, 0.4) is 0 Å². The van der Waals surface area contributed by atoms with Gasteiger partial charge in [-0.05, 0) is 149 Å². The number of rotatable bonds is 16. The molecule has 0 bridgehead atoms. The average Bonchev–Trinajstić information content (AvgIpc) is 4.57. The van der Waals surface area contributed by atoms with Crippen molar-refractivity contribution in [1.82, 2.24) is 10.3 Å². The Morgan fingerprint density at radius 1 is 0.779 bits per heavy atom. The number of fused-ring (bicyclic) bond motifs is 3. The third kappa shape index (κ3) is 11.0. The molecule has 1 heterocycles. The largest absolute Gasteiger partial charge is 0.388 e. The van der Waals surface area contributed by atoms with Crippen LogP contribution in [-0.4, -0.2) is 17.7 Å². The summed E-state index contributed by atoms with van der Waals surface area (Å²) in [6, 6.07) is 43.9. The molecule has 3 heteroatoms. The molecule has 0 aliphatic heterocycles. The van der Waals surface area contributed by atoms with E-state index in [-0.39, 0.29) is 23.2 Å². The number of aromatic nitrogens is 1. The molecule has 1 aromatic heterocycles. The number of aliphatic imine (C=N–C) groups is 1. The Morgan fingerprint density at radius 2 is 1.58 bits per heavy atom. The number of hydrogen-bond acceptors (Lipinski definition) is 3. The lowest BCUT2D eigenvalue weighted by Crippen LogP contribution is -2.11. The second-order valence-corrected chi connectivity index (χ2v) is 22.2. The van der Waals surface area contributed by atoms with Gasteiger partial charge in [-0.3, -0.25) is 4.99 Å². The Morgan fingerprint density at radius 3 is 2.42 bits per heavy atom. The molecule has 1 spiro atoms. The van der Waals surface area contributed by atoms with Crippen LogP contribution < -0.4 is 5.32 Å². The number of benzene rings is 4. The Hall–Kier alpha value is -8.14. The monoisotopic (exact) mass is 1000 g/mol. The van der Waals surface area contributed by atoms with Crippen molar-refractivity contribution in [2.24, 2.45) is 34.1 Å². The van der Waals surface area contributed by atoms with Gasteiger partial charge in [0.05, 0.1) is 17.1 Å². The molecular formula is C74H69N3. The highest BCUT2D eigenvalue weighted by Crippen LogP contribution is 2.64. The molecule has 5 aromatic rings. The minimum Gasteiger partial charge on any atom is -0.388 e. The molecule has 7 aliphatic rings. The van der Waals surface area contributed by atoms with Crippen molar-refractivity contribution in [2.45, 2.75) is 64.7 Å². The number of pyridine rings is 1. The average molecular weight is 1000 g/mol. The molecule has 1 N–H and O–H groups in total. The standard InChI is InChI=1S/C74H69N3/c1-50(29-30-53-20-10-7-11-21-53)62(46-70(75-4)61-35-36-68-59(42-61)33-34-60-45-69(60)68)39-54-31-32-58(64-47-72(56-24-12-5-6-13-25-56)77-73(48-64)57-26-16-9-17-27-57)41-65(40-54)71(76-52(3)55-22-14-8-15-23-55)38-51(2)63-43-66-28-18-19-37-74(66)49-67(74)44-63/h5-24,26-29,31-38,40-44,46-48,51,58,60,62,67,69,75H,25,30,39,45,49H2,1-4H3/b50-29-,70-46-,71-38-,76-52?. The van der Waals surface area contributed by atoms with E-state index < -0.39 is 0 Å². The van der Waals surface area contributed by atoms with E-state index >= 15 is 0 Å². The van der Waals surface area contributed by atoms with E-state index in [0.717, 1.165) is 64.5 Å². The van der Waals surface area contributed by atoms with Gasteiger partial charge in [0, 0.05) is 47.2 Å². The van der Waals surface area contributed by atoms with Crippen LogP contribution in [0.25, 0.3) is 28.6 Å². The van der Waals surface area contributed by atoms with Gasteiger partial charge in [-0.15, -0.1) is 0 Å². The summed E-state index contributed by atoms with van der Waals surface area (Å²) in [6.45, 7) is 6.85. The van der Waals surface area contributed by atoms with E-state index in [2.05, 4.69) is 276 Å². The molecule has 2 fully saturated rings. The second kappa shape index (κ2) is 21.8. The van der Waals surface area contributed by atoms with Crippen LogP contribution >= 0.6 is 0 Å². The van der Waals surface area contributed by atoms with Crippen molar-refractivity contribution in [3.63, 3.8) is 0 Å². The molecule has 7 aliphatic carbocycles. The summed E-state index contributed by atoms with van der Waals surface area (Å²) in [4.78, 5) is 11.1. The lowest BCUT2D eigenvalue weighted by Gasteiger charge is -2.23. The number of nitrogens with zero attached hydrogens (tertiary/aromatic N) is 2. The molecule has 0 radical (unpaired) electrons. The molecular weight excluding hydrogens is 931 g/mol. The van der Waals surface area contributed by atoms with Gasteiger partial charge in [-0.25, -0.2) is 4.98 Å². The van der Waals surface area contributed by atoms with Gasteiger partial charge < -0.3 is 5.32 Å². The van der Waals surface area contributed by atoms with Crippen LogP contribution in [0.5, 0.6) is 0 Å². The minimum atomic E-state index is -0.0835. The minimum absolute atomic E-state index is 0.0835. The summed E-state index contributed by atoms with van der Waals surface area (Å²) >= 11 is 0. The Balaban J connectivity index is 1.00. The maximum absolute atomic E-state index is 5.70. The van der Waals surface area contributed by atoms with Crippen molar-refractivity contribution >= 4 is 23.1 Å². The lowest BCUT2D eigenvalue weighted by atomic mass is 9.81. The maximum atomic E-state index is 5.70. The van der Waals surface area contributed by atoms with Crippen molar-refractivity contribution in [2.75, 3.05) is 7.05 Å². The number of nitrogens with one attached hydrogen (secondary N) is 1. The quantitative estimate of drug-likeness (QED) is 0.0790. The molecule has 12 rings (SSSR count). The lowest BCUT2D eigenvalue weighted by molar-refractivity contribution is 0.714. The topological polar surface area (TPSA) is 37.3 Å². The highest BCUT2D eigenvalue weighted by atomic mass is 14.8. The van der Waals surface area contributed by atoms with Gasteiger partial charge in [0.15, 0.2) is 0 Å². The molecule has 3 nitrogen and oxygen atoms in total. The van der Waals surface area contributed by atoms with E-state index in [4.69, 9.17) is 9.98 Å². The van der Waals surface area contributed by atoms with Gasteiger partial charge in [-0.2, -0.15) is 0 Å². The van der Waals surface area contributed by atoms with Gasteiger partial charge >= 0.3 is 0 Å². The Bertz CT molecular complexity index is 3570. The Kier molecular flexibility index (Phi) is 14.1. The first kappa shape index (κ1) is 49.7. The summed E-state index contributed by atoms with van der Waals surface area (Å²) in [6.07, 6.45) is 51.8. The normalized spacial score (nSPS) is 23.9. The van der Waals surface area contributed by atoms with E-state index in [1.807, 2.05) is 0 Å². The third-order valence-electron chi connectivity index (χ3n) is 17.0. The van der Waals surface area contributed by atoms with Crippen LogP contribution in [0.2, 0.25) is 0 Å². The van der Waals surface area contributed by atoms with Crippen molar-refractivity contribution in [1.29, 1.82) is 0 Å². The summed E-state index contributed by atoms with van der Waals surface area (Å²) in [7, 11) is 2.08. The first-order valence-electron chi connectivity index (χ1n) is 28.0. The van der Waals surface area contributed by atoms with E-state index in [9.17, 15) is 0 Å². The highest BCUT2D eigenvalue weighted by molar-refractivity contribution is 5.99. The highest BCUT2D eigenvalue weighted by Gasteiger charge is 2.54. The van der Waals surface area contributed by atoms with Crippen LogP contribution in [-0.2, 0) is 6.42 Å². The predicted octanol–water partition coefficient (Wildman–Crippen LogP) is 17.8. The van der Waals surface area contributed by atoms with Crippen LogP contribution in [0, 0.1) is 29.1 Å². The van der Waals surface area contributed by atoms with Crippen molar-refractivity contribution in [3.8, 4) is 11.3 Å². The molecule has 77 heavy (non-hydrogen) atoms. The van der Waals surface area contributed by atoms with E-state index in [1.54, 1.807) is 0 Å². The first-order valence-corrected chi connectivity index (χ1v) is 28.0. The fourth-order valence-corrected chi connectivity index (χ4v) is 12.2. The van der Waals surface area contributed by atoms with Crippen LogP contribution in [0.4, 0.5) is 0 Å². The molecule has 4 aromatic carbocycles. The maximum Gasteiger partial charge on any atom is 0.0712 e. The smallest absolute Gasteiger partial charge is 0.0712 e. The zero-order chi connectivity index (χ0) is 52.3. The van der Waals surface area contributed by atoms with E-state index in [1.165, 1.54) is 68.5 Å². The van der Waals surface area contributed by atoms with Gasteiger partial charge in [-0.1, -0.05) is 231 Å². The van der Waals surface area contributed by atoms with E-state index in [0.29, 0.717) is 17.8 Å². The first-order chi connectivity index (χ1) is 37.8. The van der Waals surface area contributed by atoms with Gasteiger partial charge in [0.2, 0.25) is 0 Å². The molecule has 7 atom stereocenters. The zero-order valence-electron chi connectivity index (χ0n) is 45.0. The zero-order valence-corrected chi connectivity index (χ0v) is 45.0. The number of hydrogen-bond donors (Lipinski definition) is 1. The van der Waals surface area contributed by atoms with Gasteiger partial charge in [0.1, 0.15) is 0 Å². The van der Waals surface area contributed by atoms with Crippen LogP contribution in [0.1, 0.15) is 97.4 Å². The number of allylic oxidation sites excluding steroid dienone is 24. The Labute approximate surface area is 457 Å². The SMILES string of the molecule is CN/C(=C\C(CC1=CC(/C(=C/C(C)C2=CC3CC34C=CC=CC4=C2)N=C(C)c2ccccc2)=CC(c2cc(C3=CC=CC=CC3)nc(-c3ccccc3)c2)C=C1)/C(C)=C\Cc1ccccc1)c1ccc2c(c1)C=CC1CC21. The molecule has 7 unspecified atom stereocenters. The van der Waals surface area contributed by atoms with Crippen molar-refractivity contribution in [3.05, 3.63) is 309 Å². The summed E-state index contributed by atoms with van der Waals surface area (Å²) < 4.78 is 0. The predicted molar refractivity (Wildman–Crippen MR) is 325 cm³/mol. The second-order valence-electron chi connectivity index (χ2n) is 22.2. The summed E-state index contributed by atoms with van der Waals surface area (Å²) in [5, 5.41) is 3.68. The molecule has 380 valence electrons. The van der Waals surface area contributed by atoms with Crippen LogP contribution in [0.15, 0.2) is 275 Å². The molecule has 2 saturated carbocycles. The summed E-state index contributed by atoms with van der Waals surface area (Å²) in [5.74, 6) is 2.05. The third-order valence-corrected chi connectivity index (χ3v) is 17.0. The van der Waals surface area contributed by atoms with Gasteiger partial charge in [0.25, 0.3) is 0 Å². The summed E-state index contributed by atoms with van der Waals surface area (Å²) in [5.41, 5.74) is 21.8. The fraction of sp³-hybridized carbons (Fsp3) is 0.216.